The molecule has 4 heteroatoms. The maximum Gasteiger partial charge on any atom is 0.257 e. The largest absolute Gasteiger partial charge is 0.507 e. The van der Waals surface area contributed by atoms with Crippen molar-refractivity contribution in [1.82, 2.24) is 4.90 Å². The van der Waals surface area contributed by atoms with E-state index in [0.717, 1.165) is 18.7 Å². The van der Waals surface area contributed by atoms with E-state index in [4.69, 9.17) is 0 Å². The number of piperazine rings is 1. The van der Waals surface area contributed by atoms with Gasteiger partial charge in [0, 0.05) is 31.9 Å². The highest BCUT2D eigenvalue weighted by molar-refractivity contribution is 5.97. The number of hydrogen-bond acceptors (Lipinski definition) is 3. The smallest absolute Gasteiger partial charge is 0.257 e. The lowest BCUT2D eigenvalue weighted by Gasteiger charge is -2.37. The van der Waals surface area contributed by atoms with Crippen LogP contribution in [0.4, 0.5) is 5.69 Å². The predicted octanol–water partition coefficient (Wildman–Crippen LogP) is 2.97. The van der Waals surface area contributed by atoms with Crippen LogP contribution in [0.25, 0.3) is 0 Å². The van der Waals surface area contributed by atoms with E-state index in [9.17, 15) is 9.90 Å². The van der Waals surface area contributed by atoms with E-state index in [0.29, 0.717) is 18.7 Å². The topological polar surface area (TPSA) is 43.8 Å². The highest BCUT2D eigenvalue weighted by Crippen LogP contribution is 2.25. The molecule has 23 heavy (non-hydrogen) atoms. The monoisotopic (exact) mass is 310 g/mol. The van der Waals surface area contributed by atoms with Crippen LogP contribution >= 0.6 is 0 Å². The highest BCUT2D eigenvalue weighted by atomic mass is 16.3. The third-order valence-corrected chi connectivity index (χ3v) is 4.49. The number of carbonyl (C=O) groups excluding carboxylic acids is 1. The van der Waals surface area contributed by atoms with Gasteiger partial charge in [0.1, 0.15) is 5.75 Å². The zero-order valence-corrected chi connectivity index (χ0v) is 13.6. The molecule has 1 saturated heterocycles. The highest BCUT2D eigenvalue weighted by Gasteiger charge is 2.24. The van der Waals surface area contributed by atoms with Gasteiger partial charge in [-0.25, -0.2) is 0 Å². The van der Waals surface area contributed by atoms with E-state index in [1.54, 1.807) is 6.07 Å². The standard InChI is InChI=1S/C19H22N2O2/c1-14-6-3-4-9-17(14)20-10-12-21(13-11-20)19(23)16-8-5-7-15(2)18(16)22/h3-9,22H,10-13H2,1-2H3. The number of carbonyl (C=O) groups is 1. The van der Waals surface area contributed by atoms with Gasteiger partial charge in [-0.1, -0.05) is 30.3 Å². The fraction of sp³-hybridized carbons (Fsp3) is 0.316. The molecular weight excluding hydrogens is 288 g/mol. The molecule has 3 rings (SSSR count). The van der Waals surface area contributed by atoms with Gasteiger partial charge in [0.25, 0.3) is 5.91 Å². The second kappa shape index (κ2) is 6.32. The Morgan fingerprint density at radius 1 is 0.913 bits per heavy atom. The summed E-state index contributed by atoms with van der Waals surface area (Å²) in [6.45, 7) is 6.87. The minimum Gasteiger partial charge on any atom is -0.507 e. The lowest BCUT2D eigenvalue weighted by molar-refractivity contribution is 0.0743. The first-order chi connectivity index (χ1) is 11.1. The Morgan fingerprint density at radius 3 is 2.26 bits per heavy atom. The van der Waals surface area contributed by atoms with E-state index >= 15 is 0 Å². The molecule has 2 aromatic carbocycles. The molecule has 0 saturated carbocycles. The van der Waals surface area contributed by atoms with Gasteiger partial charge in [-0.05, 0) is 37.1 Å². The summed E-state index contributed by atoms with van der Waals surface area (Å²) in [6, 6.07) is 13.6. The predicted molar refractivity (Wildman–Crippen MR) is 92.1 cm³/mol. The fourth-order valence-corrected chi connectivity index (χ4v) is 3.07. The van der Waals surface area contributed by atoms with Gasteiger partial charge in [0.05, 0.1) is 5.56 Å². The molecule has 0 bridgehead atoms. The Hall–Kier alpha value is -2.49. The summed E-state index contributed by atoms with van der Waals surface area (Å²) in [5.74, 6) is 0.00877. The van der Waals surface area contributed by atoms with Crippen molar-refractivity contribution in [2.75, 3.05) is 31.1 Å². The lowest BCUT2D eigenvalue weighted by atomic mass is 10.1. The number of aromatic hydroxyl groups is 1. The van der Waals surface area contributed by atoms with Gasteiger partial charge in [-0.3, -0.25) is 4.79 Å². The maximum absolute atomic E-state index is 12.6. The molecule has 1 aliphatic rings. The lowest BCUT2D eigenvalue weighted by Crippen LogP contribution is -2.49. The Labute approximate surface area is 137 Å². The third kappa shape index (κ3) is 3.02. The zero-order valence-electron chi connectivity index (χ0n) is 13.6. The van der Waals surface area contributed by atoms with Crippen LogP contribution in [-0.2, 0) is 0 Å². The first kappa shape index (κ1) is 15.4. The van der Waals surface area contributed by atoms with E-state index in [-0.39, 0.29) is 11.7 Å². The van der Waals surface area contributed by atoms with Crippen molar-refractivity contribution in [3.8, 4) is 5.75 Å². The molecule has 0 unspecified atom stereocenters. The summed E-state index contributed by atoms with van der Waals surface area (Å²) in [6.07, 6.45) is 0. The minimum absolute atomic E-state index is 0.0874. The second-order valence-electron chi connectivity index (χ2n) is 6.04. The summed E-state index contributed by atoms with van der Waals surface area (Å²) >= 11 is 0. The van der Waals surface area contributed by atoms with Crippen LogP contribution in [0.15, 0.2) is 42.5 Å². The summed E-state index contributed by atoms with van der Waals surface area (Å²) in [4.78, 5) is 16.8. The Bertz CT molecular complexity index is 719. The van der Waals surface area contributed by atoms with Crippen LogP contribution in [0.1, 0.15) is 21.5 Å². The van der Waals surface area contributed by atoms with E-state index < -0.39 is 0 Å². The van der Waals surface area contributed by atoms with E-state index in [1.807, 2.05) is 36.1 Å². The second-order valence-corrected chi connectivity index (χ2v) is 6.04. The van der Waals surface area contributed by atoms with Crippen molar-refractivity contribution < 1.29 is 9.90 Å². The van der Waals surface area contributed by atoms with Gasteiger partial charge in [-0.15, -0.1) is 0 Å². The minimum atomic E-state index is -0.0874. The molecule has 0 radical (unpaired) electrons. The number of para-hydroxylation sites is 2. The van der Waals surface area contributed by atoms with E-state index in [1.165, 1.54) is 11.3 Å². The van der Waals surface area contributed by atoms with Gasteiger partial charge in [0.15, 0.2) is 0 Å². The average Bonchev–Trinajstić information content (AvgIpc) is 2.57. The van der Waals surface area contributed by atoms with Crippen LogP contribution in [0, 0.1) is 13.8 Å². The van der Waals surface area contributed by atoms with Crippen LogP contribution in [0.2, 0.25) is 0 Å². The van der Waals surface area contributed by atoms with E-state index in [2.05, 4.69) is 24.0 Å². The normalized spacial score (nSPS) is 14.9. The summed E-state index contributed by atoms with van der Waals surface area (Å²) in [7, 11) is 0. The summed E-state index contributed by atoms with van der Waals surface area (Å²) < 4.78 is 0. The number of anilines is 1. The number of amides is 1. The number of phenols is 1. The average molecular weight is 310 g/mol. The fourth-order valence-electron chi connectivity index (χ4n) is 3.07. The summed E-state index contributed by atoms with van der Waals surface area (Å²) in [5.41, 5.74) is 3.62. The number of aryl methyl sites for hydroxylation is 2. The molecule has 0 atom stereocenters. The molecule has 4 nitrogen and oxygen atoms in total. The molecule has 1 fully saturated rings. The van der Waals surface area contributed by atoms with Gasteiger partial charge < -0.3 is 14.9 Å². The quantitative estimate of drug-likeness (QED) is 0.927. The summed E-state index contributed by atoms with van der Waals surface area (Å²) in [5, 5.41) is 10.1. The van der Waals surface area contributed by atoms with Gasteiger partial charge in [-0.2, -0.15) is 0 Å². The maximum atomic E-state index is 12.6. The molecule has 2 aromatic rings. The van der Waals surface area contributed by atoms with Crippen molar-refractivity contribution >= 4 is 11.6 Å². The van der Waals surface area contributed by atoms with Crippen molar-refractivity contribution in [2.24, 2.45) is 0 Å². The Kier molecular flexibility index (Phi) is 4.24. The molecule has 0 spiro atoms. The number of hydrogen-bond donors (Lipinski definition) is 1. The molecule has 1 aliphatic heterocycles. The number of phenolic OH excluding ortho intramolecular Hbond substituents is 1. The Balaban J connectivity index is 1.71. The van der Waals surface area contributed by atoms with Crippen molar-refractivity contribution in [1.29, 1.82) is 0 Å². The molecular formula is C19H22N2O2. The zero-order chi connectivity index (χ0) is 16.4. The van der Waals surface area contributed by atoms with Crippen LogP contribution in [0.5, 0.6) is 5.75 Å². The molecule has 1 N–H and O–H groups in total. The van der Waals surface area contributed by atoms with Crippen LogP contribution in [0.3, 0.4) is 0 Å². The first-order valence-electron chi connectivity index (χ1n) is 7.96. The first-order valence-corrected chi connectivity index (χ1v) is 7.96. The number of benzene rings is 2. The van der Waals surface area contributed by atoms with Crippen molar-refractivity contribution in [3.05, 3.63) is 59.2 Å². The molecule has 1 heterocycles. The van der Waals surface area contributed by atoms with Crippen molar-refractivity contribution in [3.63, 3.8) is 0 Å². The Morgan fingerprint density at radius 2 is 1.57 bits per heavy atom. The molecule has 0 aliphatic carbocycles. The molecule has 120 valence electrons. The van der Waals surface area contributed by atoms with Gasteiger partial charge in [0.2, 0.25) is 0 Å². The third-order valence-electron chi connectivity index (χ3n) is 4.49. The molecule has 1 amide bonds. The van der Waals surface area contributed by atoms with Crippen LogP contribution < -0.4 is 4.90 Å². The number of rotatable bonds is 2. The SMILES string of the molecule is Cc1ccccc1N1CCN(C(=O)c2cccc(C)c2O)CC1. The van der Waals surface area contributed by atoms with Crippen molar-refractivity contribution in [2.45, 2.75) is 13.8 Å². The number of nitrogens with zero attached hydrogens (tertiary/aromatic N) is 2. The molecule has 0 aromatic heterocycles. The van der Waals surface area contributed by atoms with Crippen LogP contribution in [-0.4, -0.2) is 42.1 Å². The van der Waals surface area contributed by atoms with Gasteiger partial charge >= 0.3 is 0 Å².